The van der Waals surface area contributed by atoms with E-state index in [4.69, 9.17) is 32.1 Å². The van der Waals surface area contributed by atoms with Crippen molar-refractivity contribution in [2.75, 3.05) is 39.6 Å². The van der Waals surface area contributed by atoms with Crippen LogP contribution in [0.5, 0.6) is 5.75 Å². The topological polar surface area (TPSA) is 105 Å². The van der Waals surface area contributed by atoms with Gasteiger partial charge in [0, 0.05) is 50.2 Å². The minimum absolute atomic E-state index is 0.209. The van der Waals surface area contributed by atoms with Crippen LogP contribution in [0.4, 0.5) is 5.69 Å². The van der Waals surface area contributed by atoms with Crippen LogP contribution < -0.4 is 10.5 Å². The maximum Gasteiger partial charge on any atom is 0.303 e. The van der Waals surface area contributed by atoms with Crippen molar-refractivity contribution in [3.05, 3.63) is 23.8 Å². The third kappa shape index (κ3) is 6.48. The fraction of sp³-hybridized carbons (Fsp3) is 0.600. The molecule has 2 atom stereocenters. The number of benzene rings is 1. The van der Waals surface area contributed by atoms with Gasteiger partial charge in [0.15, 0.2) is 0 Å². The summed E-state index contributed by atoms with van der Waals surface area (Å²) in [7, 11) is 3.10. The van der Waals surface area contributed by atoms with E-state index in [1.54, 1.807) is 25.3 Å². The molecule has 1 aromatic rings. The number of anilines is 1. The molecule has 1 aliphatic heterocycles. The van der Waals surface area contributed by atoms with Crippen LogP contribution in [0.15, 0.2) is 18.2 Å². The fourth-order valence-corrected chi connectivity index (χ4v) is 3.92. The summed E-state index contributed by atoms with van der Waals surface area (Å²) in [6.07, 6.45) is 3.17. The molecule has 0 aromatic heterocycles. The Morgan fingerprint density at radius 1 is 1.31 bits per heavy atom. The second-order valence-corrected chi connectivity index (χ2v) is 7.58. The average molecular weight is 428 g/mol. The first-order chi connectivity index (χ1) is 13.9. The zero-order valence-electron chi connectivity index (χ0n) is 17.0. The lowest BCUT2D eigenvalue weighted by Crippen LogP contribution is -2.53. The van der Waals surface area contributed by atoms with Crippen molar-refractivity contribution in [2.45, 2.75) is 44.2 Å². The van der Waals surface area contributed by atoms with Gasteiger partial charge < -0.3 is 25.2 Å². The number of piperidine rings is 1. The number of nitrogen functional groups attached to an aromatic ring is 1. The zero-order valence-corrected chi connectivity index (χ0v) is 17.7. The normalized spacial score (nSPS) is 19.7. The van der Waals surface area contributed by atoms with Gasteiger partial charge in [-0.15, -0.1) is 0 Å². The molecule has 9 heteroatoms. The second-order valence-electron chi connectivity index (χ2n) is 7.21. The number of likely N-dealkylation sites (tertiary alicyclic amines) is 1. The van der Waals surface area contributed by atoms with E-state index >= 15 is 0 Å². The molecule has 0 saturated carbocycles. The number of hydrogen-bond donors (Lipinski definition) is 2. The summed E-state index contributed by atoms with van der Waals surface area (Å²) in [5.74, 6) is -0.721. The lowest BCUT2D eigenvalue weighted by atomic mass is 10.00. The summed E-state index contributed by atoms with van der Waals surface area (Å²) in [6.45, 7) is 2.32. The summed E-state index contributed by atoms with van der Waals surface area (Å²) in [4.78, 5) is 25.8. The van der Waals surface area contributed by atoms with Crippen LogP contribution >= 0.6 is 11.8 Å². The van der Waals surface area contributed by atoms with E-state index in [1.165, 1.54) is 11.5 Å². The van der Waals surface area contributed by atoms with Crippen molar-refractivity contribution in [1.29, 1.82) is 0 Å². The number of carbonyl (C=O) groups excluding carboxylic acids is 1. The maximum absolute atomic E-state index is 12.9. The SMILES string of the molecule is COc1cc(N)ccc1C(=O)N(Cl)C1CCN(CCCCCC(=O)O)CC1OC. The van der Waals surface area contributed by atoms with Crippen LogP contribution in [-0.2, 0) is 9.53 Å². The van der Waals surface area contributed by atoms with Gasteiger partial charge in [-0.1, -0.05) is 6.42 Å². The molecule has 8 nitrogen and oxygen atoms in total. The number of unbranched alkanes of at least 4 members (excludes halogenated alkanes) is 2. The second kappa shape index (κ2) is 11.2. The molecule has 1 saturated heterocycles. The highest BCUT2D eigenvalue weighted by atomic mass is 35.5. The van der Waals surface area contributed by atoms with Crippen LogP contribution in [-0.4, -0.2) is 72.3 Å². The monoisotopic (exact) mass is 427 g/mol. The van der Waals surface area contributed by atoms with Crippen LogP contribution in [0.2, 0.25) is 0 Å². The number of carbonyl (C=O) groups is 2. The molecular formula is C20H30ClN3O5. The van der Waals surface area contributed by atoms with E-state index in [1.807, 2.05) is 0 Å². The molecule has 0 bridgehead atoms. The largest absolute Gasteiger partial charge is 0.496 e. The van der Waals surface area contributed by atoms with Crippen LogP contribution in [0, 0.1) is 0 Å². The Kier molecular flexibility index (Phi) is 9.00. The number of amides is 1. The smallest absolute Gasteiger partial charge is 0.303 e. The number of halogens is 1. The van der Waals surface area contributed by atoms with Gasteiger partial charge in [0.05, 0.1) is 24.8 Å². The minimum Gasteiger partial charge on any atom is -0.496 e. The number of carboxylic acids is 1. The Bertz CT molecular complexity index is 703. The van der Waals surface area contributed by atoms with Crippen LogP contribution in [0.1, 0.15) is 42.5 Å². The quantitative estimate of drug-likeness (QED) is 0.336. The highest BCUT2D eigenvalue weighted by Gasteiger charge is 2.36. The highest BCUT2D eigenvalue weighted by Crippen LogP contribution is 2.28. The van der Waals surface area contributed by atoms with Gasteiger partial charge in [-0.25, -0.2) is 4.42 Å². The maximum atomic E-state index is 12.9. The first-order valence-electron chi connectivity index (χ1n) is 9.77. The Morgan fingerprint density at radius 2 is 2.07 bits per heavy atom. The van der Waals surface area contributed by atoms with Crippen LogP contribution in [0.25, 0.3) is 0 Å². The predicted octanol–water partition coefficient (Wildman–Crippen LogP) is 2.61. The Hall–Kier alpha value is -2.03. The molecule has 2 rings (SSSR count). The van der Waals surface area contributed by atoms with Crippen molar-refractivity contribution in [3.8, 4) is 5.75 Å². The standard InChI is InChI=1S/C20H30ClN3O5/c1-28-17-12-14(22)7-8-15(17)20(27)24(21)16-9-11-23(13-18(16)29-2)10-5-3-4-6-19(25)26/h7-8,12,16,18H,3-6,9-11,13,22H2,1-2H3,(H,25,26). The number of nitrogens with two attached hydrogens (primary N) is 1. The third-order valence-electron chi connectivity index (χ3n) is 5.22. The molecule has 2 unspecified atom stereocenters. The number of rotatable bonds is 10. The minimum atomic E-state index is -0.755. The lowest BCUT2D eigenvalue weighted by molar-refractivity contribution is -0.137. The van der Waals surface area contributed by atoms with Crippen LogP contribution in [0.3, 0.4) is 0 Å². The number of ether oxygens (including phenoxy) is 2. The summed E-state index contributed by atoms with van der Waals surface area (Å²) in [5.41, 5.74) is 6.62. The van der Waals surface area contributed by atoms with Crippen molar-refractivity contribution in [3.63, 3.8) is 0 Å². The molecule has 0 radical (unpaired) electrons. The Morgan fingerprint density at radius 3 is 2.72 bits per heavy atom. The number of hydrogen-bond acceptors (Lipinski definition) is 6. The number of methoxy groups -OCH3 is 2. The summed E-state index contributed by atoms with van der Waals surface area (Å²) in [6, 6.07) is 4.58. The molecule has 1 heterocycles. The summed E-state index contributed by atoms with van der Waals surface area (Å²) >= 11 is 6.45. The van der Waals surface area contributed by atoms with Crippen molar-refractivity contribution in [2.24, 2.45) is 0 Å². The van der Waals surface area contributed by atoms with Gasteiger partial charge in [0.25, 0.3) is 5.91 Å². The van der Waals surface area contributed by atoms with E-state index in [-0.39, 0.29) is 24.5 Å². The fourth-order valence-electron chi connectivity index (χ4n) is 3.60. The third-order valence-corrected chi connectivity index (χ3v) is 5.62. The van der Waals surface area contributed by atoms with Crippen molar-refractivity contribution in [1.82, 2.24) is 9.32 Å². The Labute approximate surface area is 176 Å². The predicted molar refractivity (Wildman–Crippen MR) is 111 cm³/mol. The van der Waals surface area contributed by atoms with Gasteiger partial charge in [-0.3, -0.25) is 9.59 Å². The zero-order chi connectivity index (χ0) is 21.4. The molecule has 1 fully saturated rings. The molecule has 0 aliphatic carbocycles. The van der Waals surface area contributed by atoms with Gasteiger partial charge in [0.2, 0.25) is 0 Å². The molecule has 29 heavy (non-hydrogen) atoms. The summed E-state index contributed by atoms with van der Waals surface area (Å²) < 4.78 is 12.1. The van der Waals surface area contributed by atoms with Gasteiger partial charge in [0.1, 0.15) is 5.75 Å². The van der Waals surface area contributed by atoms with E-state index in [0.717, 1.165) is 25.9 Å². The van der Waals surface area contributed by atoms with E-state index in [9.17, 15) is 9.59 Å². The van der Waals surface area contributed by atoms with Gasteiger partial charge in [-0.2, -0.15) is 0 Å². The molecule has 162 valence electrons. The van der Waals surface area contributed by atoms with E-state index in [2.05, 4.69) is 4.90 Å². The molecule has 1 aliphatic rings. The Balaban J connectivity index is 1.93. The molecular weight excluding hydrogens is 398 g/mol. The first kappa shape index (κ1) is 23.3. The van der Waals surface area contributed by atoms with Gasteiger partial charge >= 0.3 is 5.97 Å². The number of nitrogens with zero attached hydrogens (tertiary/aromatic N) is 2. The van der Waals surface area contributed by atoms with Crippen molar-refractivity contribution < 1.29 is 24.2 Å². The molecule has 3 N–H and O–H groups in total. The summed E-state index contributed by atoms with van der Waals surface area (Å²) in [5, 5.41) is 8.70. The lowest BCUT2D eigenvalue weighted by Gasteiger charge is -2.40. The number of aliphatic carboxylic acids is 1. The highest BCUT2D eigenvalue weighted by molar-refractivity contribution is 6.24. The van der Waals surface area contributed by atoms with Gasteiger partial charge in [-0.05, 0) is 37.9 Å². The first-order valence-corrected chi connectivity index (χ1v) is 10.1. The number of carboxylic acid groups (broad SMARTS) is 1. The molecule has 1 amide bonds. The molecule has 1 aromatic carbocycles. The molecule has 0 spiro atoms. The van der Waals surface area contributed by atoms with E-state index < -0.39 is 5.97 Å². The van der Waals surface area contributed by atoms with E-state index in [0.29, 0.717) is 36.4 Å². The van der Waals surface area contributed by atoms with Crippen molar-refractivity contribution >= 4 is 29.3 Å². The average Bonchev–Trinajstić information content (AvgIpc) is 2.71.